The van der Waals surface area contributed by atoms with Gasteiger partial charge < -0.3 is 0 Å². The summed E-state index contributed by atoms with van der Waals surface area (Å²) in [4.78, 5) is 0. The van der Waals surface area contributed by atoms with Crippen molar-refractivity contribution >= 4 is 51.0 Å². The lowest BCUT2D eigenvalue weighted by Crippen LogP contribution is -1.91. The largest absolute Gasteiger partial charge is 0.279 e. The summed E-state index contributed by atoms with van der Waals surface area (Å²) in [5.41, 5.74) is 4.58. The molecule has 18 heavy (non-hydrogen) atoms. The Labute approximate surface area is 124 Å². The van der Waals surface area contributed by atoms with E-state index < -0.39 is 0 Å². The predicted octanol–water partition coefficient (Wildman–Crippen LogP) is 5.20. The van der Waals surface area contributed by atoms with Crippen LogP contribution < -0.4 is 5.43 Å². The minimum atomic E-state index is 0.588. The zero-order chi connectivity index (χ0) is 13.0. The quantitative estimate of drug-likeness (QED) is 0.462. The van der Waals surface area contributed by atoms with Crippen LogP contribution in [-0.4, -0.2) is 6.21 Å². The fraction of sp³-hybridized carbons (Fsp3) is 0. The van der Waals surface area contributed by atoms with E-state index >= 15 is 0 Å². The molecule has 2 rings (SSSR count). The zero-order valence-corrected chi connectivity index (χ0v) is 12.3. The van der Waals surface area contributed by atoms with Gasteiger partial charge >= 0.3 is 0 Å². The molecule has 0 aliphatic heterocycles. The van der Waals surface area contributed by atoms with Gasteiger partial charge in [-0.1, -0.05) is 41.4 Å². The van der Waals surface area contributed by atoms with Crippen molar-refractivity contribution in [3.8, 4) is 0 Å². The van der Waals surface area contributed by atoms with Crippen LogP contribution in [0.2, 0.25) is 10.0 Å². The Bertz CT molecular complexity index is 571. The molecule has 0 bridgehead atoms. The molecule has 1 N–H and O–H groups in total. The average molecular weight is 344 g/mol. The number of benzene rings is 2. The van der Waals surface area contributed by atoms with Crippen LogP contribution in [-0.2, 0) is 0 Å². The summed E-state index contributed by atoms with van der Waals surface area (Å²) in [5.74, 6) is 0. The van der Waals surface area contributed by atoms with Gasteiger partial charge in [0.05, 0.1) is 21.9 Å². The van der Waals surface area contributed by atoms with Crippen molar-refractivity contribution in [3.05, 3.63) is 62.5 Å². The molecule has 0 atom stereocenters. The molecule has 0 saturated carbocycles. The highest BCUT2D eigenvalue weighted by molar-refractivity contribution is 9.10. The van der Waals surface area contributed by atoms with Gasteiger partial charge in [0.15, 0.2) is 0 Å². The fourth-order valence-electron chi connectivity index (χ4n) is 1.33. The zero-order valence-electron chi connectivity index (χ0n) is 9.20. The van der Waals surface area contributed by atoms with Crippen molar-refractivity contribution in [1.29, 1.82) is 0 Å². The number of hydrazone groups is 1. The normalized spacial score (nSPS) is 10.8. The van der Waals surface area contributed by atoms with Crippen LogP contribution in [0.1, 0.15) is 5.56 Å². The topological polar surface area (TPSA) is 24.4 Å². The van der Waals surface area contributed by atoms with Gasteiger partial charge in [-0.05, 0) is 40.2 Å². The van der Waals surface area contributed by atoms with E-state index in [1.807, 2.05) is 30.3 Å². The second-order valence-electron chi connectivity index (χ2n) is 3.52. The van der Waals surface area contributed by atoms with Gasteiger partial charge in [0.2, 0.25) is 0 Å². The third-order valence-electron chi connectivity index (χ3n) is 2.21. The van der Waals surface area contributed by atoms with E-state index in [-0.39, 0.29) is 0 Å². The van der Waals surface area contributed by atoms with Crippen molar-refractivity contribution < 1.29 is 0 Å². The number of hydrogen-bond donors (Lipinski definition) is 1. The summed E-state index contributed by atoms with van der Waals surface area (Å²) >= 11 is 15.4. The van der Waals surface area contributed by atoms with E-state index in [2.05, 4.69) is 26.5 Å². The molecule has 0 fully saturated rings. The maximum Gasteiger partial charge on any atom is 0.0561 e. The molecule has 0 saturated heterocycles. The summed E-state index contributed by atoms with van der Waals surface area (Å²) in [7, 11) is 0. The van der Waals surface area contributed by atoms with Crippen LogP contribution in [0.5, 0.6) is 0 Å². The van der Waals surface area contributed by atoms with Crippen molar-refractivity contribution in [2.24, 2.45) is 5.10 Å². The highest BCUT2D eigenvalue weighted by atomic mass is 79.9. The number of hydrogen-bond acceptors (Lipinski definition) is 2. The maximum atomic E-state index is 6.08. The van der Waals surface area contributed by atoms with Crippen molar-refractivity contribution in [1.82, 2.24) is 0 Å². The lowest BCUT2D eigenvalue weighted by atomic mass is 10.2. The number of rotatable bonds is 3. The molecule has 0 aromatic heterocycles. The molecular weight excluding hydrogens is 335 g/mol. The first kappa shape index (κ1) is 13.4. The van der Waals surface area contributed by atoms with Crippen LogP contribution in [0.15, 0.2) is 52.0 Å². The summed E-state index contributed by atoms with van der Waals surface area (Å²) < 4.78 is 0.766. The summed E-state index contributed by atoms with van der Waals surface area (Å²) in [6.07, 6.45) is 1.63. The summed E-state index contributed by atoms with van der Waals surface area (Å²) in [6.45, 7) is 0. The lowest BCUT2D eigenvalue weighted by molar-refractivity contribution is 1.35. The predicted molar refractivity (Wildman–Crippen MR) is 81.8 cm³/mol. The molecule has 2 aromatic rings. The minimum absolute atomic E-state index is 0.588. The standard InChI is InChI=1S/C13H9BrCl2N2/c14-11-7-12(15)9(6-13(11)16)8-17-18-10-4-2-1-3-5-10/h1-8,18H. The molecule has 2 aromatic carbocycles. The molecule has 0 amide bonds. The van der Waals surface area contributed by atoms with Gasteiger partial charge in [-0.15, -0.1) is 0 Å². The third kappa shape index (κ3) is 3.48. The van der Waals surface area contributed by atoms with Crippen LogP contribution in [0.3, 0.4) is 0 Å². The Kier molecular flexibility index (Phi) is 4.64. The van der Waals surface area contributed by atoms with Gasteiger partial charge in [0.1, 0.15) is 0 Å². The smallest absolute Gasteiger partial charge is 0.0561 e. The first-order valence-electron chi connectivity index (χ1n) is 5.15. The van der Waals surface area contributed by atoms with Gasteiger partial charge in [-0.25, -0.2) is 0 Å². The Morgan fingerprint density at radius 2 is 1.78 bits per heavy atom. The third-order valence-corrected chi connectivity index (χ3v) is 3.74. The number of halogens is 3. The summed E-state index contributed by atoms with van der Waals surface area (Å²) in [6, 6.07) is 13.2. The first-order chi connectivity index (χ1) is 8.66. The van der Waals surface area contributed by atoms with Gasteiger partial charge in [-0.3, -0.25) is 5.43 Å². The van der Waals surface area contributed by atoms with Gasteiger partial charge in [0.25, 0.3) is 0 Å². The minimum Gasteiger partial charge on any atom is -0.279 e. The molecule has 5 heteroatoms. The molecule has 0 aliphatic rings. The van der Waals surface area contributed by atoms with Crippen molar-refractivity contribution in [2.75, 3.05) is 5.43 Å². The molecule has 0 heterocycles. The number of nitrogens with zero attached hydrogens (tertiary/aromatic N) is 1. The van der Waals surface area contributed by atoms with Crippen LogP contribution in [0, 0.1) is 0 Å². The highest BCUT2D eigenvalue weighted by Gasteiger charge is 2.03. The van der Waals surface area contributed by atoms with E-state index in [1.54, 1.807) is 18.3 Å². The van der Waals surface area contributed by atoms with Gasteiger partial charge in [0, 0.05) is 10.0 Å². The molecule has 92 valence electrons. The van der Waals surface area contributed by atoms with E-state index in [9.17, 15) is 0 Å². The number of anilines is 1. The second-order valence-corrected chi connectivity index (χ2v) is 5.19. The Balaban J connectivity index is 2.12. The van der Waals surface area contributed by atoms with E-state index in [1.165, 1.54) is 0 Å². The Morgan fingerprint density at radius 1 is 1.06 bits per heavy atom. The molecule has 0 unspecified atom stereocenters. The molecule has 0 radical (unpaired) electrons. The van der Waals surface area contributed by atoms with Crippen LogP contribution in [0.4, 0.5) is 5.69 Å². The maximum absolute atomic E-state index is 6.08. The highest BCUT2D eigenvalue weighted by Crippen LogP contribution is 2.28. The van der Waals surface area contributed by atoms with Crippen molar-refractivity contribution in [2.45, 2.75) is 0 Å². The Morgan fingerprint density at radius 3 is 2.50 bits per heavy atom. The van der Waals surface area contributed by atoms with E-state index in [4.69, 9.17) is 23.2 Å². The SMILES string of the molecule is Clc1cc(C=NNc2ccccc2)c(Cl)cc1Br. The molecule has 2 nitrogen and oxygen atoms in total. The van der Waals surface area contributed by atoms with E-state index in [0.29, 0.717) is 10.0 Å². The van der Waals surface area contributed by atoms with Crippen molar-refractivity contribution in [3.63, 3.8) is 0 Å². The lowest BCUT2D eigenvalue weighted by Gasteiger charge is -2.02. The number of nitrogens with one attached hydrogen (secondary N) is 1. The van der Waals surface area contributed by atoms with Crippen LogP contribution in [0.25, 0.3) is 0 Å². The first-order valence-corrected chi connectivity index (χ1v) is 6.70. The number of para-hydroxylation sites is 1. The fourth-order valence-corrected chi connectivity index (χ4v) is 2.19. The van der Waals surface area contributed by atoms with Crippen LogP contribution >= 0.6 is 39.1 Å². The summed E-state index contributed by atoms with van der Waals surface area (Å²) in [5, 5.41) is 5.30. The molecular formula is C13H9BrCl2N2. The van der Waals surface area contributed by atoms with Gasteiger partial charge in [-0.2, -0.15) is 5.10 Å². The second kappa shape index (κ2) is 6.23. The Hall–Kier alpha value is -1.03. The monoisotopic (exact) mass is 342 g/mol. The average Bonchev–Trinajstić information content (AvgIpc) is 2.37. The molecule has 0 spiro atoms. The van der Waals surface area contributed by atoms with E-state index in [0.717, 1.165) is 15.7 Å². The molecule has 0 aliphatic carbocycles.